The maximum Gasteiger partial charge on any atom is 0.154 e. The summed E-state index contributed by atoms with van der Waals surface area (Å²) in [5.41, 5.74) is 0.0140. The van der Waals surface area contributed by atoms with E-state index in [0.29, 0.717) is 12.3 Å². The summed E-state index contributed by atoms with van der Waals surface area (Å²) >= 11 is 0. The Morgan fingerprint density at radius 2 is 1.71 bits per heavy atom. The van der Waals surface area contributed by atoms with E-state index in [-0.39, 0.29) is 16.7 Å². The van der Waals surface area contributed by atoms with Crippen molar-refractivity contribution in [3.8, 4) is 0 Å². The lowest BCUT2D eigenvalue weighted by molar-refractivity contribution is 0.377. The van der Waals surface area contributed by atoms with E-state index in [1.54, 1.807) is 6.92 Å². The highest BCUT2D eigenvalue weighted by Gasteiger charge is 2.24. The van der Waals surface area contributed by atoms with Gasteiger partial charge in [0.15, 0.2) is 9.84 Å². The number of hydrogen-bond acceptors (Lipinski definition) is 3. The lowest BCUT2D eigenvalue weighted by Crippen LogP contribution is -2.44. The minimum absolute atomic E-state index is 0.0140. The van der Waals surface area contributed by atoms with Crippen molar-refractivity contribution in [2.75, 3.05) is 12.3 Å². The molecule has 104 valence electrons. The van der Waals surface area contributed by atoms with Crippen LogP contribution in [0.25, 0.3) is 0 Å². The smallest absolute Gasteiger partial charge is 0.154 e. The Kier molecular flexibility index (Phi) is 6.70. The molecule has 0 amide bonds. The molecular formula is C13H29NO2S. The Hall–Kier alpha value is -0.0900. The molecule has 17 heavy (non-hydrogen) atoms. The highest BCUT2D eigenvalue weighted by atomic mass is 32.2. The largest absolute Gasteiger partial charge is 0.311 e. The van der Waals surface area contributed by atoms with Crippen molar-refractivity contribution in [3.05, 3.63) is 0 Å². The van der Waals surface area contributed by atoms with E-state index in [1.807, 2.05) is 13.8 Å². The quantitative estimate of drug-likeness (QED) is 0.732. The molecule has 1 N–H and O–H groups in total. The second-order valence-electron chi connectivity index (χ2n) is 5.77. The monoisotopic (exact) mass is 263 g/mol. The number of nitrogens with one attached hydrogen (secondary N) is 1. The van der Waals surface area contributed by atoms with E-state index in [2.05, 4.69) is 26.1 Å². The van der Waals surface area contributed by atoms with Crippen molar-refractivity contribution in [1.82, 2.24) is 5.32 Å². The Morgan fingerprint density at radius 3 is 2.12 bits per heavy atom. The summed E-state index contributed by atoms with van der Waals surface area (Å²) in [5.74, 6) is 0.556. The summed E-state index contributed by atoms with van der Waals surface area (Å²) < 4.78 is 24.1. The third-order valence-electron chi connectivity index (χ3n) is 3.58. The minimum Gasteiger partial charge on any atom is -0.311 e. The van der Waals surface area contributed by atoms with E-state index in [0.717, 1.165) is 12.8 Å². The summed E-state index contributed by atoms with van der Waals surface area (Å²) in [6.45, 7) is 12.7. The van der Waals surface area contributed by atoms with Gasteiger partial charge in [-0.2, -0.15) is 0 Å². The van der Waals surface area contributed by atoms with Gasteiger partial charge in [-0.25, -0.2) is 8.42 Å². The summed E-state index contributed by atoms with van der Waals surface area (Å²) in [4.78, 5) is 0. The lowest BCUT2D eigenvalue weighted by Gasteiger charge is -2.27. The first-order valence-corrected chi connectivity index (χ1v) is 8.32. The molecule has 0 aromatic carbocycles. The zero-order valence-electron chi connectivity index (χ0n) is 12.2. The van der Waals surface area contributed by atoms with Crippen LogP contribution >= 0.6 is 0 Å². The van der Waals surface area contributed by atoms with Crippen molar-refractivity contribution in [2.24, 2.45) is 5.92 Å². The van der Waals surface area contributed by atoms with E-state index < -0.39 is 9.84 Å². The molecule has 0 aliphatic rings. The summed E-state index contributed by atoms with van der Waals surface area (Å²) in [6, 6.07) is 0. The Balaban J connectivity index is 4.35. The molecule has 0 saturated carbocycles. The highest BCUT2D eigenvalue weighted by molar-refractivity contribution is 7.92. The number of rotatable bonds is 8. The van der Waals surface area contributed by atoms with Crippen LogP contribution in [-0.4, -0.2) is 31.5 Å². The van der Waals surface area contributed by atoms with Gasteiger partial charge in [-0.05, 0) is 33.1 Å². The maximum atomic E-state index is 12.1. The van der Waals surface area contributed by atoms with Gasteiger partial charge in [0.25, 0.3) is 0 Å². The first-order valence-electron chi connectivity index (χ1n) is 6.61. The van der Waals surface area contributed by atoms with Crippen LogP contribution < -0.4 is 5.32 Å². The molecule has 2 atom stereocenters. The fraction of sp³-hybridized carbons (Fsp3) is 1.00. The first kappa shape index (κ1) is 16.9. The Morgan fingerprint density at radius 1 is 1.18 bits per heavy atom. The second kappa shape index (κ2) is 6.74. The van der Waals surface area contributed by atoms with Gasteiger partial charge in [-0.15, -0.1) is 0 Å². The van der Waals surface area contributed by atoms with Crippen LogP contribution in [0.1, 0.15) is 54.4 Å². The van der Waals surface area contributed by atoms with Gasteiger partial charge >= 0.3 is 0 Å². The highest BCUT2D eigenvalue weighted by Crippen LogP contribution is 2.12. The SMILES string of the molecule is CCC(C)CS(=O)(=O)C(C)CNC(C)(C)CC. The van der Waals surface area contributed by atoms with Gasteiger partial charge in [0, 0.05) is 12.1 Å². The molecule has 0 aromatic heterocycles. The van der Waals surface area contributed by atoms with E-state index >= 15 is 0 Å². The molecule has 0 aliphatic heterocycles. The Bertz CT molecular complexity index is 309. The third-order valence-corrected chi connectivity index (χ3v) is 6.01. The van der Waals surface area contributed by atoms with Crippen molar-refractivity contribution in [3.63, 3.8) is 0 Å². The van der Waals surface area contributed by atoms with Crippen LogP contribution in [0.3, 0.4) is 0 Å². The zero-order valence-corrected chi connectivity index (χ0v) is 13.0. The summed E-state index contributed by atoms with van der Waals surface area (Å²) in [7, 11) is -2.96. The molecule has 0 aliphatic carbocycles. The fourth-order valence-electron chi connectivity index (χ4n) is 1.35. The average molecular weight is 263 g/mol. The van der Waals surface area contributed by atoms with Crippen molar-refractivity contribution in [1.29, 1.82) is 0 Å². The second-order valence-corrected chi connectivity index (χ2v) is 8.24. The van der Waals surface area contributed by atoms with Crippen LogP contribution in [-0.2, 0) is 9.84 Å². The number of sulfone groups is 1. The summed E-state index contributed by atoms with van der Waals surface area (Å²) in [6.07, 6.45) is 1.91. The topological polar surface area (TPSA) is 46.2 Å². The maximum absolute atomic E-state index is 12.1. The van der Waals surface area contributed by atoms with Crippen LogP contribution in [0.2, 0.25) is 0 Å². The molecular weight excluding hydrogens is 234 g/mol. The molecule has 2 unspecified atom stereocenters. The predicted molar refractivity (Wildman–Crippen MR) is 75.1 cm³/mol. The molecule has 0 spiro atoms. The predicted octanol–water partition coefficient (Wildman–Crippen LogP) is 2.61. The molecule has 0 bridgehead atoms. The molecule has 0 fully saturated rings. The molecule has 4 heteroatoms. The standard InChI is InChI=1S/C13H29NO2S/c1-7-11(3)10-17(15,16)12(4)9-14-13(5,6)8-2/h11-12,14H,7-10H2,1-6H3. The Labute approximate surface area is 107 Å². The van der Waals surface area contributed by atoms with Gasteiger partial charge in [-0.3, -0.25) is 0 Å². The van der Waals surface area contributed by atoms with Crippen molar-refractivity contribution >= 4 is 9.84 Å². The zero-order chi connectivity index (χ0) is 13.7. The fourth-order valence-corrected chi connectivity index (χ4v) is 3.05. The van der Waals surface area contributed by atoms with Gasteiger partial charge in [0.1, 0.15) is 0 Å². The van der Waals surface area contributed by atoms with Crippen LogP contribution in [0.4, 0.5) is 0 Å². The van der Waals surface area contributed by atoms with Crippen LogP contribution in [0, 0.1) is 5.92 Å². The van der Waals surface area contributed by atoms with Gasteiger partial charge in [-0.1, -0.05) is 27.2 Å². The molecule has 0 radical (unpaired) electrons. The average Bonchev–Trinajstić information content (AvgIpc) is 2.25. The minimum atomic E-state index is -2.96. The third kappa shape index (κ3) is 6.41. The van der Waals surface area contributed by atoms with Crippen molar-refractivity contribution < 1.29 is 8.42 Å². The van der Waals surface area contributed by atoms with Crippen molar-refractivity contribution in [2.45, 2.75) is 65.2 Å². The van der Waals surface area contributed by atoms with E-state index in [1.165, 1.54) is 0 Å². The summed E-state index contributed by atoms with van der Waals surface area (Å²) in [5, 5.41) is 3.02. The lowest BCUT2D eigenvalue weighted by atomic mass is 10.0. The van der Waals surface area contributed by atoms with Gasteiger partial charge in [0.05, 0.1) is 11.0 Å². The molecule has 0 aromatic rings. The molecule has 0 saturated heterocycles. The molecule has 0 heterocycles. The van der Waals surface area contributed by atoms with Gasteiger partial charge in [0.2, 0.25) is 0 Å². The van der Waals surface area contributed by atoms with E-state index in [4.69, 9.17) is 0 Å². The molecule has 3 nitrogen and oxygen atoms in total. The van der Waals surface area contributed by atoms with Gasteiger partial charge < -0.3 is 5.32 Å². The molecule has 0 rings (SSSR count). The first-order chi connectivity index (χ1) is 7.64. The van der Waals surface area contributed by atoms with Crippen LogP contribution in [0.15, 0.2) is 0 Å². The van der Waals surface area contributed by atoms with E-state index in [9.17, 15) is 8.42 Å². The number of hydrogen-bond donors (Lipinski definition) is 1. The van der Waals surface area contributed by atoms with Crippen LogP contribution in [0.5, 0.6) is 0 Å². The normalized spacial score (nSPS) is 16.8.